The van der Waals surface area contributed by atoms with Gasteiger partial charge in [0.25, 0.3) is 0 Å². The highest BCUT2D eigenvalue weighted by molar-refractivity contribution is 8.00. The fourth-order valence-corrected chi connectivity index (χ4v) is 5.33. The van der Waals surface area contributed by atoms with Gasteiger partial charge in [-0.2, -0.15) is 11.8 Å². The van der Waals surface area contributed by atoms with Crippen LogP contribution in [-0.4, -0.2) is 50.8 Å². The Morgan fingerprint density at radius 3 is 2.76 bits per heavy atom. The maximum absolute atomic E-state index is 12.2. The van der Waals surface area contributed by atoms with Crippen molar-refractivity contribution in [1.29, 1.82) is 0 Å². The number of guanidine groups is 1. The molecule has 0 radical (unpaired) electrons. The van der Waals surface area contributed by atoms with Crippen molar-refractivity contribution in [2.24, 2.45) is 4.99 Å². The lowest BCUT2D eigenvalue weighted by Crippen LogP contribution is -2.38. The van der Waals surface area contributed by atoms with Gasteiger partial charge in [0.15, 0.2) is 15.8 Å². The minimum atomic E-state index is -3.07. The lowest BCUT2D eigenvalue weighted by atomic mass is 10.2. The summed E-state index contributed by atoms with van der Waals surface area (Å²) in [6, 6.07) is 9.34. The lowest BCUT2D eigenvalue weighted by molar-refractivity contribution is 0.591. The summed E-state index contributed by atoms with van der Waals surface area (Å²) < 4.78 is 24.4. The third-order valence-corrected chi connectivity index (χ3v) is 7.04. The van der Waals surface area contributed by atoms with Gasteiger partial charge < -0.3 is 10.6 Å². The van der Waals surface area contributed by atoms with E-state index in [0.717, 1.165) is 24.6 Å². The van der Waals surface area contributed by atoms with Crippen LogP contribution >= 0.6 is 11.8 Å². The fourth-order valence-electron chi connectivity index (χ4n) is 2.72. The molecule has 0 amide bonds. The Morgan fingerprint density at radius 1 is 1.28 bits per heavy atom. The Bertz CT molecular complexity index is 627. The van der Waals surface area contributed by atoms with Crippen LogP contribution in [-0.2, 0) is 15.6 Å². The molecular weight excluding hydrogens is 354 g/mol. The number of thioether (sulfide) groups is 1. The van der Waals surface area contributed by atoms with Gasteiger partial charge in [0.05, 0.1) is 18.1 Å². The zero-order chi connectivity index (χ0) is 18.0. The van der Waals surface area contributed by atoms with Crippen LogP contribution in [0.4, 0.5) is 0 Å². The summed E-state index contributed by atoms with van der Waals surface area (Å²) in [5.41, 5.74) is 0.847. The van der Waals surface area contributed by atoms with E-state index in [1.165, 1.54) is 18.6 Å². The molecule has 0 aromatic heterocycles. The van der Waals surface area contributed by atoms with Crippen LogP contribution in [0, 0.1) is 0 Å². The first-order chi connectivity index (χ1) is 12.1. The number of rotatable bonds is 9. The van der Waals surface area contributed by atoms with Gasteiger partial charge in [0, 0.05) is 18.3 Å². The van der Waals surface area contributed by atoms with Crippen LogP contribution in [0.15, 0.2) is 35.3 Å². The Balaban J connectivity index is 1.72. The van der Waals surface area contributed by atoms with Crippen molar-refractivity contribution in [3.8, 4) is 0 Å². The van der Waals surface area contributed by atoms with Crippen molar-refractivity contribution >= 4 is 27.6 Å². The molecule has 1 aliphatic rings. The smallest absolute Gasteiger partial charge is 0.191 e. The Labute approximate surface area is 156 Å². The summed E-state index contributed by atoms with van der Waals surface area (Å²) in [6.45, 7) is 4.27. The molecule has 0 saturated carbocycles. The molecule has 1 heterocycles. The molecule has 2 rings (SSSR count). The molecule has 1 unspecified atom stereocenters. The summed E-state index contributed by atoms with van der Waals surface area (Å²) in [4.78, 5) is 4.62. The quantitative estimate of drug-likeness (QED) is 0.389. The van der Waals surface area contributed by atoms with E-state index in [-0.39, 0.29) is 11.5 Å². The summed E-state index contributed by atoms with van der Waals surface area (Å²) >= 11 is 1.99. The molecule has 1 aromatic carbocycles. The molecule has 0 spiro atoms. The van der Waals surface area contributed by atoms with E-state index in [1.807, 2.05) is 49.0 Å². The molecule has 1 aromatic rings. The molecule has 25 heavy (non-hydrogen) atoms. The molecule has 5 nitrogen and oxygen atoms in total. The third-order valence-electron chi connectivity index (χ3n) is 3.98. The Kier molecular flexibility index (Phi) is 8.61. The van der Waals surface area contributed by atoms with Gasteiger partial charge >= 0.3 is 0 Å². The van der Waals surface area contributed by atoms with Gasteiger partial charge in [-0.05, 0) is 37.5 Å². The van der Waals surface area contributed by atoms with Gasteiger partial charge in [-0.1, -0.05) is 30.3 Å². The largest absolute Gasteiger partial charge is 0.357 e. The van der Waals surface area contributed by atoms with Crippen LogP contribution in [0.5, 0.6) is 0 Å². The second kappa shape index (κ2) is 10.7. The molecule has 140 valence electrons. The topological polar surface area (TPSA) is 70.6 Å². The number of nitrogens with zero attached hydrogens (tertiary/aromatic N) is 1. The molecule has 1 aliphatic heterocycles. The molecule has 1 atom stereocenters. The zero-order valence-corrected chi connectivity index (χ0v) is 16.5. The molecule has 0 bridgehead atoms. The second-order valence-electron chi connectivity index (χ2n) is 6.21. The number of aliphatic imine (C=N–C) groups is 1. The van der Waals surface area contributed by atoms with Gasteiger partial charge in [0.2, 0.25) is 0 Å². The SMILES string of the molecule is CCNC(=NCC1CCCS1)NCCCS(=O)(=O)Cc1ccccc1. The van der Waals surface area contributed by atoms with E-state index in [4.69, 9.17) is 0 Å². The van der Waals surface area contributed by atoms with Crippen LogP contribution in [0.3, 0.4) is 0 Å². The van der Waals surface area contributed by atoms with Crippen LogP contribution in [0.2, 0.25) is 0 Å². The molecule has 1 saturated heterocycles. The minimum Gasteiger partial charge on any atom is -0.357 e. The van der Waals surface area contributed by atoms with E-state index < -0.39 is 9.84 Å². The zero-order valence-electron chi connectivity index (χ0n) is 14.9. The molecular formula is C18H29N3O2S2. The van der Waals surface area contributed by atoms with Crippen molar-refractivity contribution in [2.45, 2.75) is 37.2 Å². The Morgan fingerprint density at radius 2 is 2.08 bits per heavy atom. The average molecular weight is 384 g/mol. The van der Waals surface area contributed by atoms with Gasteiger partial charge in [-0.3, -0.25) is 4.99 Å². The lowest BCUT2D eigenvalue weighted by Gasteiger charge is -2.12. The fraction of sp³-hybridized carbons (Fsp3) is 0.611. The second-order valence-corrected chi connectivity index (χ2v) is 9.80. The summed E-state index contributed by atoms with van der Waals surface area (Å²) in [5.74, 6) is 2.33. The summed E-state index contributed by atoms with van der Waals surface area (Å²) in [6.07, 6.45) is 3.11. The van der Waals surface area contributed by atoms with Crippen LogP contribution < -0.4 is 10.6 Å². The first-order valence-electron chi connectivity index (χ1n) is 8.97. The van der Waals surface area contributed by atoms with Crippen LogP contribution in [0.1, 0.15) is 31.7 Å². The Hall–Kier alpha value is -1.21. The summed E-state index contributed by atoms with van der Waals surface area (Å²) in [7, 11) is -3.07. The maximum atomic E-state index is 12.2. The van der Waals surface area contributed by atoms with Gasteiger partial charge in [0.1, 0.15) is 0 Å². The normalized spacial score (nSPS) is 18.3. The van der Waals surface area contributed by atoms with Crippen molar-refractivity contribution in [3.63, 3.8) is 0 Å². The number of hydrogen-bond donors (Lipinski definition) is 2. The minimum absolute atomic E-state index is 0.112. The molecule has 7 heteroatoms. The van der Waals surface area contributed by atoms with Crippen molar-refractivity contribution in [1.82, 2.24) is 10.6 Å². The van der Waals surface area contributed by atoms with Crippen molar-refractivity contribution in [2.75, 3.05) is 31.1 Å². The molecule has 0 aliphatic carbocycles. The highest BCUT2D eigenvalue weighted by atomic mass is 32.2. The van der Waals surface area contributed by atoms with Crippen molar-refractivity contribution in [3.05, 3.63) is 35.9 Å². The number of nitrogens with one attached hydrogen (secondary N) is 2. The highest BCUT2D eigenvalue weighted by Crippen LogP contribution is 2.25. The van der Waals surface area contributed by atoms with Gasteiger partial charge in [-0.25, -0.2) is 8.42 Å². The predicted molar refractivity (Wildman–Crippen MR) is 108 cm³/mol. The molecule has 2 N–H and O–H groups in total. The average Bonchev–Trinajstić information content (AvgIpc) is 3.10. The van der Waals surface area contributed by atoms with Gasteiger partial charge in [-0.15, -0.1) is 0 Å². The standard InChI is InChI=1S/C18H29N3O2S2/c1-2-19-18(21-14-17-10-6-12-24-17)20-11-7-13-25(22,23)15-16-8-4-3-5-9-16/h3-5,8-9,17H,2,6-7,10-15H2,1H3,(H2,19,20,21). The van der Waals surface area contributed by atoms with E-state index in [1.54, 1.807) is 0 Å². The first kappa shape index (κ1) is 20.1. The van der Waals surface area contributed by atoms with Crippen molar-refractivity contribution < 1.29 is 8.42 Å². The summed E-state index contributed by atoms with van der Waals surface area (Å²) in [5, 5.41) is 7.10. The molecule has 1 fully saturated rings. The van der Waals surface area contributed by atoms with Crippen LogP contribution in [0.25, 0.3) is 0 Å². The number of benzene rings is 1. The highest BCUT2D eigenvalue weighted by Gasteiger charge is 2.15. The van der Waals surface area contributed by atoms with E-state index in [0.29, 0.717) is 18.2 Å². The van der Waals surface area contributed by atoms with E-state index in [9.17, 15) is 8.42 Å². The van der Waals surface area contributed by atoms with E-state index >= 15 is 0 Å². The monoisotopic (exact) mass is 383 g/mol. The first-order valence-corrected chi connectivity index (χ1v) is 11.8. The predicted octanol–water partition coefficient (Wildman–Crippen LogP) is 2.44. The number of sulfone groups is 1. The maximum Gasteiger partial charge on any atom is 0.191 e. The number of hydrogen-bond acceptors (Lipinski definition) is 4. The third kappa shape index (κ3) is 8.14. The van der Waals surface area contributed by atoms with E-state index in [2.05, 4.69) is 15.6 Å².